The van der Waals surface area contributed by atoms with Gasteiger partial charge in [0.05, 0.1) is 17.1 Å². The summed E-state index contributed by atoms with van der Waals surface area (Å²) in [5.41, 5.74) is 4.73. The summed E-state index contributed by atoms with van der Waals surface area (Å²) in [6.45, 7) is 6.61. The van der Waals surface area contributed by atoms with E-state index in [-0.39, 0.29) is 11.4 Å². The lowest BCUT2D eigenvalue weighted by Gasteiger charge is -2.09. The van der Waals surface area contributed by atoms with E-state index < -0.39 is 10.0 Å². The van der Waals surface area contributed by atoms with Crippen LogP contribution >= 0.6 is 15.9 Å². The van der Waals surface area contributed by atoms with E-state index in [0.29, 0.717) is 6.54 Å². The number of rotatable bonds is 6. The number of hydrogen-bond acceptors (Lipinski definition) is 3. The second-order valence-corrected chi connectivity index (χ2v) is 9.15. The molecule has 0 amide bonds. The third kappa shape index (κ3) is 4.48. The van der Waals surface area contributed by atoms with Crippen LogP contribution in [0.1, 0.15) is 28.1 Å². The predicted molar refractivity (Wildman–Crippen MR) is 110 cm³/mol. The van der Waals surface area contributed by atoms with Gasteiger partial charge < -0.3 is 0 Å². The summed E-state index contributed by atoms with van der Waals surface area (Å²) in [4.78, 5) is 0.259. The van der Waals surface area contributed by atoms with Crippen molar-refractivity contribution in [2.45, 2.75) is 38.8 Å². The molecule has 3 aromatic rings. The van der Waals surface area contributed by atoms with Gasteiger partial charge in [0.15, 0.2) is 0 Å². The summed E-state index contributed by atoms with van der Waals surface area (Å²) < 4.78 is 30.8. The Labute approximate surface area is 168 Å². The smallest absolute Gasteiger partial charge is 0.240 e. The second-order valence-electron chi connectivity index (χ2n) is 6.53. The maximum Gasteiger partial charge on any atom is 0.240 e. The van der Waals surface area contributed by atoms with Crippen LogP contribution in [-0.4, -0.2) is 18.2 Å². The lowest BCUT2D eigenvalue weighted by molar-refractivity contribution is 0.580. The van der Waals surface area contributed by atoms with Gasteiger partial charge in [0.2, 0.25) is 10.0 Å². The Morgan fingerprint density at radius 1 is 1.07 bits per heavy atom. The van der Waals surface area contributed by atoms with E-state index >= 15 is 0 Å². The van der Waals surface area contributed by atoms with Gasteiger partial charge in [-0.3, -0.25) is 4.68 Å². The van der Waals surface area contributed by atoms with Gasteiger partial charge >= 0.3 is 0 Å². The molecule has 5 nitrogen and oxygen atoms in total. The van der Waals surface area contributed by atoms with Crippen molar-refractivity contribution in [1.82, 2.24) is 14.5 Å². The molecule has 0 unspecified atom stereocenters. The number of hydrogen-bond donors (Lipinski definition) is 1. The van der Waals surface area contributed by atoms with E-state index in [1.165, 1.54) is 0 Å². The molecule has 0 aliphatic carbocycles. The molecule has 1 N–H and O–H groups in total. The number of benzene rings is 2. The lowest BCUT2D eigenvalue weighted by Crippen LogP contribution is -2.24. The Morgan fingerprint density at radius 2 is 1.78 bits per heavy atom. The Kier molecular flexibility index (Phi) is 5.83. The van der Waals surface area contributed by atoms with Crippen LogP contribution in [0.2, 0.25) is 0 Å². The molecule has 0 saturated carbocycles. The average Bonchev–Trinajstić information content (AvgIpc) is 2.89. The topological polar surface area (TPSA) is 64.0 Å². The van der Waals surface area contributed by atoms with Gasteiger partial charge in [0, 0.05) is 22.3 Å². The van der Waals surface area contributed by atoms with Crippen LogP contribution in [-0.2, 0) is 23.1 Å². The fourth-order valence-electron chi connectivity index (χ4n) is 2.93. The van der Waals surface area contributed by atoms with Crippen molar-refractivity contribution in [3.05, 3.63) is 81.1 Å². The first-order valence-corrected chi connectivity index (χ1v) is 10.9. The monoisotopic (exact) mass is 447 g/mol. The van der Waals surface area contributed by atoms with Crippen LogP contribution in [0, 0.1) is 20.8 Å². The first kappa shape index (κ1) is 19.8. The van der Waals surface area contributed by atoms with Gasteiger partial charge in [-0.05, 0) is 50.1 Å². The van der Waals surface area contributed by atoms with Gasteiger partial charge in [-0.1, -0.05) is 46.3 Å². The lowest BCUT2D eigenvalue weighted by atomic mass is 10.2. The SMILES string of the molecule is Cc1cc(S(=O)(=O)NCc2c(C)nn(Cc3ccccc3)c2C)ccc1Br. The number of sulfonamides is 1. The summed E-state index contributed by atoms with van der Waals surface area (Å²) in [6, 6.07) is 15.1. The molecule has 142 valence electrons. The molecule has 0 bridgehead atoms. The first-order chi connectivity index (χ1) is 12.8. The van der Waals surface area contributed by atoms with Crippen molar-refractivity contribution < 1.29 is 8.42 Å². The van der Waals surface area contributed by atoms with E-state index in [2.05, 4.69) is 37.9 Å². The number of nitrogens with one attached hydrogen (secondary N) is 1. The van der Waals surface area contributed by atoms with Crippen molar-refractivity contribution >= 4 is 26.0 Å². The maximum atomic E-state index is 12.6. The summed E-state index contributed by atoms with van der Waals surface area (Å²) in [7, 11) is -3.59. The predicted octanol–water partition coefficient (Wildman–Crippen LogP) is 4.10. The molecular weight excluding hydrogens is 426 g/mol. The van der Waals surface area contributed by atoms with E-state index in [1.807, 2.05) is 43.7 Å². The Morgan fingerprint density at radius 3 is 2.44 bits per heavy atom. The number of nitrogens with zero attached hydrogens (tertiary/aromatic N) is 2. The average molecular weight is 448 g/mol. The van der Waals surface area contributed by atoms with Crippen molar-refractivity contribution in [2.24, 2.45) is 0 Å². The third-order valence-electron chi connectivity index (χ3n) is 4.59. The molecule has 0 aliphatic rings. The molecule has 1 aromatic heterocycles. The van der Waals surface area contributed by atoms with Crippen LogP contribution < -0.4 is 4.72 Å². The Balaban J connectivity index is 1.78. The summed E-state index contributed by atoms with van der Waals surface area (Å²) in [5, 5.41) is 4.58. The second kappa shape index (κ2) is 7.96. The largest absolute Gasteiger partial charge is 0.265 e. The van der Waals surface area contributed by atoms with Gasteiger partial charge in [0.1, 0.15) is 0 Å². The van der Waals surface area contributed by atoms with Crippen molar-refractivity contribution in [3.63, 3.8) is 0 Å². The fourth-order valence-corrected chi connectivity index (χ4v) is 4.26. The molecule has 2 aromatic carbocycles. The van der Waals surface area contributed by atoms with E-state index in [1.54, 1.807) is 18.2 Å². The van der Waals surface area contributed by atoms with E-state index in [4.69, 9.17) is 0 Å². The minimum absolute atomic E-state index is 0.212. The van der Waals surface area contributed by atoms with Crippen LogP contribution in [0.15, 0.2) is 57.9 Å². The van der Waals surface area contributed by atoms with Gasteiger partial charge in [-0.2, -0.15) is 5.10 Å². The highest BCUT2D eigenvalue weighted by atomic mass is 79.9. The highest BCUT2D eigenvalue weighted by Gasteiger charge is 2.18. The zero-order valence-electron chi connectivity index (χ0n) is 15.5. The molecule has 1 heterocycles. The van der Waals surface area contributed by atoms with Crippen LogP contribution in [0.5, 0.6) is 0 Å². The standard InChI is InChI=1S/C20H22BrN3O2S/c1-14-11-18(9-10-20(14)21)27(25,26)22-12-19-15(2)23-24(16(19)3)13-17-7-5-4-6-8-17/h4-11,22H,12-13H2,1-3H3. The summed E-state index contributed by atoms with van der Waals surface area (Å²) in [6.07, 6.45) is 0. The molecule has 0 atom stereocenters. The van der Waals surface area contributed by atoms with Crippen molar-refractivity contribution in [1.29, 1.82) is 0 Å². The normalized spacial score (nSPS) is 11.7. The van der Waals surface area contributed by atoms with Crippen molar-refractivity contribution in [2.75, 3.05) is 0 Å². The minimum Gasteiger partial charge on any atom is -0.265 e. The Hall–Kier alpha value is -1.96. The highest BCUT2D eigenvalue weighted by molar-refractivity contribution is 9.10. The molecule has 0 saturated heterocycles. The quantitative estimate of drug-likeness (QED) is 0.618. The highest BCUT2D eigenvalue weighted by Crippen LogP contribution is 2.21. The first-order valence-electron chi connectivity index (χ1n) is 8.60. The third-order valence-corrected chi connectivity index (χ3v) is 6.87. The molecule has 3 rings (SSSR count). The molecule has 7 heteroatoms. The van der Waals surface area contributed by atoms with E-state index in [0.717, 1.165) is 32.6 Å². The Bertz CT molecular complexity index is 1060. The molecule has 0 spiro atoms. The van der Waals surface area contributed by atoms with Crippen LogP contribution in [0.3, 0.4) is 0 Å². The molecular formula is C20H22BrN3O2S. The summed E-state index contributed by atoms with van der Waals surface area (Å²) >= 11 is 3.39. The minimum atomic E-state index is -3.59. The van der Waals surface area contributed by atoms with Gasteiger partial charge in [0.25, 0.3) is 0 Å². The zero-order chi connectivity index (χ0) is 19.6. The molecule has 0 aliphatic heterocycles. The maximum absolute atomic E-state index is 12.6. The molecule has 0 fully saturated rings. The number of aryl methyl sites for hydroxylation is 2. The number of aromatic nitrogens is 2. The molecule has 0 radical (unpaired) electrons. The van der Waals surface area contributed by atoms with Crippen LogP contribution in [0.4, 0.5) is 0 Å². The van der Waals surface area contributed by atoms with Crippen molar-refractivity contribution in [3.8, 4) is 0 Å². The molecule has 27 heavy (non-hydrogen) atoms. The van der Waals surface area contributed by atoms with Gasteiger partial charge in [-0.25, -0.2) is 13.1 Å². The van der Waals surface area contributed by atoms with Gasteiger partial charge in [-0.15, -0.1) is 0 Å². The van der Waals surface area contributed by atoms with E-state index in [9.17, 15) is 8.42 Å². The summed E-state index contributed by atoms with van der Waals surface area (Å²) in [5.74, 6) is 0. The fraction of sp³-hybridized carbons (Fsp3) is 0.250. The zero-order valence-corrected chi connectivity index (χ0v) is 17.9. The number of halogens is 1. The van der Waals surface area contributed by atoms with Crippen LogP contribution in [0.25, 0.3) is 0 Å².